The number of anilines is 1. The summed E-state index contributed by atoms with van der Waals surface area (Å²) in [6.45, 7) is 5.23. The van der Waals surface area contributed by atoms with Gasteiger partial charge in [-0.25, -0.2) is 0 Å². The first-order valence-corrected chi connectivity index (χ1v) is 12.5. The predicted molar refractivity (Wildman–Crippen MR) is 135 cm³/mol. The lowest BCUT2D eigenvalue weighted by Crippen LogP contribution is -2.42. The van der Waals surface area contributed by atoms with Crippen LogP contribution in [0.1, 0.15) is 24.0 Å². The Kier molecular flexibility index (Phi) is 6.24. The van der Waals surface area contributed by atoms with E-state index >= 15 is 0 Å². The summed E-state index contributed by atoms with van der Waals surface area (Å²) in [6.07, 6.45) is 1.35. The number of aromatic nitrogens is 3. The van der Waals surface area contributed by atoms with Crippen molar-refractivity contribution >= 4 is 45.8 Å². The first kappa shape index (κ1) is 22.4. The Labute approximate surface area is 202 Å². The van der Waals surface area contributed by atoms with Crippen LogP contribution in [0.4, 0.5) is 5.69 Å². The predicted octanol–water partition coefficient (Wildman–Crippen LogP) is 4.47. The zero-order valence-electron chi connectivity index (χ0n) is 19.3. The minimum Gasteiger partial charge on any atom is -0.342 e. The molecule has 1 aliphatic heterocycles. The summed E-state index contributed by atoms with van der Waals surface area (Å²) < 4.78 is 2.02. The molecule has 0 aliphatic carbocycles. The first-order valence-electron chi connectivity index (χ1n) is 11.5. The topological polar surface area (TPSA) is 79.6 Å². The minimum atomic E-state index is -0.0775. The van der Waals surface area contributed by atoms with Crippen LogP contribution < -0.4 is 5.32 Å². The summed E-state index contributed by atoms with van der Waals surface area (Å²) >= 11 is 1.41. The summed E-state index contributed by atoms with van der Waals surface area (Å²) in [5, 5.41) is 13.6. The van der Waals surface area contributed by atoms with Crippen LogP contribution in [0.15, 0.2) is 59.8 Å². The molecule has 5 rings (SSSR count). The number of nitrogens with zero attached hydrogens (tertiary/aromatic N) is 4. The molecule has 0 spiro atoms. The smallest absolute Gasteiger partial charge is 0.233 e. The Morgan fingerprint density at radius 2 is 1.74 bits per heavy atom. The molecular formula is C26H27N5O2S. The molecule has 4 aromatic rings. The molecule has 0 atom stereocenters. The van der Waals surface area contributed by atoms with Crippen molar-refractivity contribution in [1.82, 2.24) is 19.5 Å². The molecule has 1 N–H and O–H groups in total. The second kappa shape index (κ2) is 9.46. The average Bonchev–Trinajstić information content (AvgIpc) is 3.27. The van der Waals surface area contributed by atoms with Crippen LogP contribution in [-0.2, 0) is 9.59 Å². The molecule has 1 fully saturated rings. The molecule has 7 nitrogen and oxygen atoms in total. The Morgan fingerprint density at radius 1 is 1.00 bits per heavy atom. The van der Waals surface area contributed by atoms with Crippen LogP contribution in [0.5, 0.6) is 0 Å². The quantitative estimate of drug-likeness (QED) is 0.433. The number of pyridine rings is 1. The van der Waals surface area contributed by atoms with Gasteiger partial charge in [0.25, 0.3) is 0 Å². The van der Waals surface area contributed by atoms with Crippen molar-refractivity contribution in [1.29, 1.82) is 0 Å². The standard InChI is InChI=1S/C26H27N5O2S/c1-17-7-3-5-9-21(17)27-25(33)19-11-13-30(14-12-19)24(32)16-34-26-29-28-23-15-18(2)20-8-4-6-10-22(20)31(23)26/h3-10,15,19H,11-14,16H2,1-2H3,(H,27,33). The maximum absolute atomic E-state index is 12.9. The minimum absolute atomic E-state index is 0.0351. The maximum atomic E-state index is 12.9. The number of carbonyl (C=O) groups excluding carboxylic acids is 2. The molecule has 0 radical (unpaired) electrons. The number of thioether (sulfide) groups is 1. The molecule has 2 amide bonds. The van der Waals surface area contributed by atoms with Gasteiger partial charge in [0.2, 0.25) is 11.8 Å². The van der Waals surface area contributed by atoms with Gasteiger partial charge in [-0.1, -0.05) is 48.2 Å². The zero-order chi connectivity index (χ0) is 23.7. The van der Waals surface area contributed by atoms with E-state index in [9.17, 15) is 9.59 Å². The lowest BCUT2D eigenvalue weighted by molar-refractivity contribution is -0.132. The third kappa shape index (κ3) is 4.37. The molecule has 2 aromatic carbocycles. The van der Waals surface area contributed by atoms with Crippen LogP contribution in [0.3, 0.4) is 0 Å². The Morgan fingerprint density at radius 3 is 2.53 bits per heavy atom. The lowest BCUT2D eigenvalue weighted by Gasteiger charge is -2.31. The molecule has 0 saturated carbocycles. The monoisotopic (exact) mass is 473 g/mol. The van der Waals surface area contributed by atoms with Gasteiger partial charge in [-0.15, -0.1) is 10.2 Å². The molecular weight excluding hydrogens is 446 g/mol. The van der Waals surface area contributed by atoms with E-state index in [-0.39, 0.29) is 17.7 Å². The molecule has 34 heavy (non-hydrogen) atoms. The molecule has 1 saturated heterocycles. The number of nitrogens with one attached hydrogen (secondary N) is 1. The van der Waals surface area contributed by atoms with E-state index in [4.69, 9.17) is 0 Å². The van der Waals surface area contributed by atoms with Gasteiger partial charge in [-0.3, -0.25) is 14.0 Å². The molecule has 3 heterocycles. The summed E-state index contributed by atoms with van der Waals surface area (Å²) in [5.41, 5.74) is 4.87. The van der Waals surface area contributed by atoms with Crippen molar-refractivity contribution < 1.29 is 9.59 Å². The number of likely N-dealkylation sites (tertiary alicyclic amines) is 1. The number of hydrogen-bond acceptors (Lipinski definition) is 5. The number of amides is 2. The van der Waals surface area contributed by atoms with Gasteiger partial charge in [0.15, 0.2) is 10.8 Å². The number of benzene rings is 2. The number of piperidine rings is 1. The summed E-state index contributed by atoms with van der Waals surface area (Å²) in [6, 6.07) is 18.0. The largest absolute Gasteiger partial charge is 0.342 e. The van der Waals surface area contributed by atoms with E-state index in [1.54, 1.807) is 0 Å². The molecule has 8 heteroatoms. The normalized spacial score (nSPS) is 14.6. The van der Waals surface area contributed by atoms with Crippen molar-refractivity contribution in [3.63, 3.8) is 0 Å². The third-order valence-electron chi connectivity index (χ3n) is 6.52. The van der Waals surface area contributed by atoms with Crippen LogP contribution in [0, 0.1) is 19.8 Å². The van der Waals surface area contributed by atoms with Crippen molar-refractivity contribution in [3.8, 4) is 0 Å². The highest BCUT2D eigenvalue weighted by molar-refractivity contribution is 7.99. The van der Waals surface area contributed by atoms with E-state index in [0.29, 0.717) is 36.8 Å². The van der Waals surface area contributed by atoms with Crippen molar-refractivity contribution in [2.75, 3.05) is 24.2 Å². The lowest BCUT2D eigenvalue weighted by atomic mass is 9.95. The number of carbonyl (C=O) groups is 2. The third-order valence-corrected chi connectivity index (χ3v) is 7.43. The number of aryl methyl sites for hydroxylation is 2. The fourth-order valence-corrected chi connectivity index (χ4v) is 5.38. The van der Waals surface area contributed by atoms with Gasteiger partial charge >= 0.3 is 0 Å². The van der Waals surface area contributed by atoms with Gasteiger partial charge in [0.05, 0.1) is 11.3 Å². The fourth-order valence-electron chi connectivity index (χ4n) is 4.52. The van der Waals surface area contributed by atoms with Gasteiger partial charge in [-0.2, -0.15) is 0 Å². The molecule has 1 aliphatic rings. The highest BCUT2D eigenvalue weighted by atomic mass is 32.2. The van der Waals surface area contributed by atoms with E-state index < -0.39 is 0 Å². The van der Waals surface area contributed by atoms with Crippen molar-refractivity contribution in [3.05, 3.63) is 65.7 Å². The Hall–Kier alpha value is -3.39. The Bertz CT molecular complexity index is 1370. The van der Waals surface area contributed by atoms with Crippen molar-refractivity contribution in [2.45, 2.75) is 31.8 Å². The average molecular weight is 474 g/mol. The first-order chi connectivity index (χ1) is 16.5. The van der Waals surface area contributed by atoms with Gasteiger partial charge in [0, 0.05) is 30.1 Å². The van der Waals surface area contributed by atoms with Gasteiger partial charge in [0.1, 0.15) is 0 Å². The highest BCUT2D eigenvalue weighted by Crippen LogP contribution is 2.27. The van der Waals surface area contributed by atoms with Crippen LogP contribution >= 0.6 is 11.8 Å². The van der Waals surface area contributed by atoms with Crippen LogP contribution in [0.25, 0.3) is 16.6 Å². The van der Waals surface area contributed by atoms with Crippen molar-refractivity contribution in [2.24, 2.45) is 5.92 Å². The van der Waals surface area contributed by atoms with E-state index in [1.165, 1.54) is 11.8 Å². The summed E-state index contributed by atoms with van der Waals surface area (Å²) in [4.78, 5) is 27.5. The maximum Gasteiger partial charge on any atom is 0.233 e. The zero-order valence-corrected chi connectivity index (χ0v) is 20.1. The number of hydrogen-bond donors (Lipinski definition) is 1. The second-order valence-corrected chi connectivity index (χ2v) is 9.71. The molecule has 0 bridgehead atoms. The second-order valence-electron chi connectivity index (χ2n) is 8.77. The summed E-state index contributed by atoms with van der Waals surface area (Å²) in [7, 11) is 0. The van der Waals surface area contributed by atoms with E-state index in [0.717, 1.165) is 33.4 Å². The molecule has 0 unspecified atom stereocenters. The van der Waals surface area contributed by atoms with Gasteiger partial charge in [-0.05, 0) is 56.0 Å². The highest BCUT2D eigenvalue weighted by Gasteiger charge is 2.28. The van der Waals surface area contributed by atoms with E-state index in [2.05, 4.69) is 34.6 Å². The number of rotatable bonds is 5. The van der Waals surface area contributed by atoms with Crippen LogP contribution in [-0.4, -0.2) is 50.2 Å². The molecule has 2 aromatic heterocycles. The Balaban J connectivity index is 1.20. The van der Waals surface area contributed by atoms with Crippen LogP contribution in [0.2, 0.25) is 0 Å². The SMILES string of the molecule is Cc1ccccc1NC(=O)C1CCN(C(=O)CSc2nnc3cc(C)c4ccccc4n23)CC1. The fraction of sp³-hybridized carbons (Fsp3) is 0.308. The number of para-hydroxylation sites is 2. The molecule has 174 valence electrons. The van der Waals surface area contributed by atoms with E-state index in [1.807, 2.05) is 58.7 Å². The van der Waals surface area contributed by atoms with Gasteiger partial charge < -0.3 is 10.2 Å². The summed E-state index contributed by atoms with van der Waals surface area (Å²) in [5.74, 6) is 0.318. The number of fused-ring (bicyclic) bond motifs is 3.